The quantitative estimate of drug-likeness (QED) is 0.806. The number of ether oxygens (including phenoxy) is 1. The Balaban J connectivity index is 1.90. The predicted molar refractivity (Wildman–Crippen MR) is 77.4 cm³/mol. The van der Waals surface area contributed by atoms with Crippen molar-refractivity contribution in [1.29, 1.82) is 0 Å². The molecule has 0 fully saturated rings. The Bertz CT molecular complexity index is 706. The SMILES string of the molecule is COc1ccc2[nH]c(Cc3ccc(Br)cc3)nc2n1. The van der Waals surface area contributed by atoms with Crippen LogP contribution in [-0.2, 0) is 6.42 Å². The van der Waals surface area contributed by atoms with Crippen LogP contribution < -0.4 is 4.74 Å². The largest absolute Gasteiger partial charge is 0.481 e. The summed E-state index contributed by atoms with van der Waals surface area (Å²) in [6, 6.07) is 12.0. The van der Waals surface area contributed by atoms with E-state index < -0.39 is 0 Å². The molecule has 5 heteroatoms. The van der Waals surface area contributed by atoms with Gasteiger partial charge in [-0.05, 0) is 23.8 Å². The third-order valence-corrected chi connectivity index (χ3v) is 3.39. The maximum atomic E-state index is 5.09. The van der Waals surface area contributed by atoms with Gasteiger partial charge >= 0.3 is 0 Å². The van der Waals surface area contributed by atoms with E-state index in [2.05, 4.69) is 43.0 Å². The van der Waals surface area contributed by atoms with Gasteiger partial charge in [-0.3, -0.25) is 0 Å². The summed E-state index contributed by atoms with van der Waals surface area (Å²) in [4.78, 5) is 12.0. The van der Waals surface area contributed by atoms with Crippen LogP contribution in [0, 0.1) is 0 Å². The van der Waals surface area contributed by atoms with Crippen LogP contribution in [-0.4, -0.2) is 22.1 Å². The number of nitrogens with one attached hydrogen (secondary N) is 1. The molecular formula is C14H12BrN3O. The zero-order chi connectivity index (χ0) is 13.2. The van der Waals surface area contributed by atoms with Gasteiger partial charge in [0.2, 0.25) is 5.88 Å². The Morgan fingerprint density at radius 1 is 1.11 bits per heavy atom. The van der Waals surface area contributed by atoms with Crippen molar-refractivity contribution in [2.24, 2.45) is 0 Å². The molecule has 3 rings (SSSR count). The second-order valence-electron chi connectivity index (χ2n) is 4.21. The highest BCUT2D eigenvalue weighted by Gasteiger charge is 2.06. The first-order chi connectivity index (χ1) is 9.24. The fourth-order valence-corrected chi connectivity index (χ4v) is 2.18. The minimum atomic E-state index is 0.578. The van der Waals surface area contributed by atoms with E-state index >= 15 is 0 Å². The molecular weight excluding hydrogens is 306 g/mol. The molecule has 2 aromatic heterocycles. The summed E-state index contributed by atoms with van der Waals surface area (Å²) >= 11 is 3.43. The highest BCUT2D eigenvalue weighted by Crippen LogP contribution is 2.17. The number of pyridine rings is 1. The van der Waals surface area contributed by atoms with Crippen molar-refractivity contribution in [3.63, 3.8) is 0 Å². The number of H-pyrrole nitrogens is 1. The van der Waals surface area contributed by atoms with Crippen LogP contribution in [0.4, 0.5) is 0 Å². The van der Waals surface area contributed by atoms with Crippen molar-refractivity contribution >= 4 is 27.1 Å². The standard InChI is InChI=1S/C14H12BrN3O/c1-19-13-7-6-11-14(18-13)17-12(16-11)8-9-2-4-10(15)5-3-9/h2-7H,8H2,1H3,(H,16,17,18). The second kappa shape index (κ2) is 5.01. The van der Waals surface area contributed by atoms with Crippen molar-refractivity contribution in [1.82, 2.24) is 15.0 Å². The van der Waals surface area contributed by atoms with E-state index in [0.717, 1.165) is 22.2 Å². The molecule has 0 aliphatic carbocycles. The maximum absolute atomic E-state index is 5.09. The van der Waals surface area contributed by atoms with Crippen LogP contribution in [0.1, 0.15) is 11.4 Å². The Morgan fingerprint density at radius 3 is 2.63 bits per heavy atom. The maximum Gasteiger partial charge on any atom is 0.215 e. The van der Waals surface area contributed by atoms with Gasteiger partial charge in [0.05, 0.1) is 12.6 Å². The fraction of sp³-hybridized carbons (Fsp3) is 0.143. The number of nitrogens with zero attached hydrogens (tertiary/aromatic N) is 2. The van der Waals surface area contributed by atoms with Crippen LogP contribution in [0.15, 0.2) is 40.9 Å². The zero-order valence-electron chi connectivity index (χ0n) is 10.4. The summed E-state index contributed by atoms with van der Waals surface area (Å²) in [6.07, 6.45) is 0.756. The lowest BCUT2D eigenvalue weighted by Gasteiger charge is -1.97. The number of hydrogen-bond acceptors (Lipinski definition) is 3. The molecule has 0 radical (unpaired) electrons. The third kappa shape index (κ3) is 2.61. The number of aromatic nitrogens is 3. The number of hydrogen-bond donors (Lipinski definition) is 1. The molecule has 0 unspecified atom stereocenters. The minimum absolute atomic E-state index is 0.578. The number of aromatic amines is 1. The van der Waals surface area contributed by atoms with Crippen molar-refractivity contribution in [2.75, 3.05) is 7.11 Å². The molecule has 1 N–H and O–H groups in total. The molecule has 0 saturated heterocycles. The molecule has 0 aliphatic heterocycles. The van der Waals surface area contributed by atoms with Gasteiger partial charge < -0.3 is 9.72 Å². The van der Waals surface area contributed by atoms with Gasteiger partial charge in [-0.25, -0.2) is 4.98 Å². The van der Waals surface area contributed by atoms with Gasteiger partial charge in [0.15, 0.2) is 5.65 Å². The van der Waals surface area contributed by atoms with Gasteiger partial charge in [0, 0.05) is 17.0 Å². The normalized spacial score (nSPS) is 10.8. The van der Waals surface area contributed by atoms with Crippen molar-refractivity contribution < 1.29 is 4.74 Å². The lowest BCUT2D eigenvalue weighted by molar-refractivity contribution is 0.399. The average molecular weight is 318 g/mol. The van der Waals surface area contributed by atoms with Crippen LogP contribution >= 0.6 is 15.9 Å². The number of halogens is 1. The highest BCUT2D eigenvalue weighted by atomic mass is 79.9. The Morgan fingerprint density at radius 2 is 1.89 bits per heavy atom. The molecule has 19 heavy (non-hydrogen) atoms. The number of rotatable bonds is 3. The van der Waals surface area contributed by atoms with E-state index in [1.54, 1.807) is 7.11 Å². The molecule has 0 spiro atoms. The highest BCUT2D eigenvalue weighted by molar-refractivity contribution is 9.10. The molecule has 2 heterocycles. The Kier molecular flexibility index (Phi) is 3.21. The van der Waals surface area contributed by atoms with E-state index in [1.807, 2.05) is 24.3 Å². The van der Waals surface area contributed by atoms with Crippen molar-refractivity contribution in [2.45, 2.75) is 6.42 Å². The van der Waals surface area contributed by atoms with Gasteiger partial charge in [0.1, 0.15) is 5.82 Å². The summed E-state index contributed by atoms with van der Waals surface area (Å²) in [6.45, 7) is 0. The van der Waals surface area contributed by atoms with Crippen LogP contribution in [0.2, 0.25) is 0 Å². The van der Waals surface area contributed by atoms with Crippen LogP contribution in [0.3, 0.4) is 0 Å². The van der Waals surface area contributed by atoms with E-state index in [0.29, 0.717) is 11.5 Å². The Labute approximate surface area is 119 Å². The zero-order valence-corrected chi connectivity index (χ0v) is 11.9. The minimum Gasteiger partial charge on any atom is -0.481 e. The smallest absolute Gasteiger partial charge is 0.215 e. The molecule has 96 valence electrons. The average Bonchev–Trinajstić information content (AvgIpc) is 2.82. The molecule has 4 nitrogen and oxygen atoms in total. The Hall–Kier alpha value is -1.88. The summed E-state index contributed by atoms with van der Waals surface area (Å²) in [5, 5.41) is 0. The summed E-state index contributed by atoms with van der Waals surface area (Å²) in [5.41, 5.74) is 2.81. The van der Waals surface area contributed by atoms with Gasteiger partial charge in [-0.1, -0.05) is 28.1 Å². The molecule has 0 aliphatic rings. The van der Waals surface area contributed by atoms with Gasteiger partial charge in [-0.15, -0.1) is 0 Å². The number of benzene rings is 1. The molecule has 0 amide bonds. The summed E-state index contributed by atoms with van der Waals surface area (Å²) in [7, 11) is 1.60. The first-order valence-electron chi connectivity index (χ1n) is 5.88. The fourth-order valence-electron chi connectivity index (χ4n) is 1.92. The van der Waals surface area contributed by atoms with E-state index in [4.69, 9.17) is 4.74 Å². The molecule has 1 aromatic carbocycles. The summed E-state index contributed by atoms with van der Waals surface area (Å²) in [5.74, 6) is 1.48. The second-order valence-corrected chi connectivity index (χ2v) is 5.13. The predicted octanol–water partition coefficient (Wildman–Crippen LogP) is 3.32. The van der Waals surface area contributed by atoms with E-state index in [-0.39, 0.29) is 0 Å². The molecule has 0 bridgehead atoms. The molecule has 0 atom stereocenters. The van der Waals surface area contributed by atoms with Crippen LogP contribution in [0.5, 0.6) is 5.88 Å². The first-order valence-corrected chi connectivity index (χ1v) is 6.68. The topological polar surface area (TPSA) is 50.8 Å². The van der Waals surface area contributed by atoms with Crippen molar-refractivity contribution in [3.8, 4) is 5.88 Å². The number of imidazole rings is 1. The first kappa shape index (κ1) is 12.2. The monoisotopic (exact) mass is 317 g/mol. The van der Waals surface area contributed by atoms with Crippen LogP contribution in [0.25, 0.3) is 11.2 Å². The lowest BCUT2D eigenvalue weighted by atomic mass is 10.1. The number of methoxy groups -OCH3 is 1. The van der Waals surface area contributed by atoms with E-state index in [9.17, 15) is 0 Å². The summed E-state index contributed by atoms with van der Waals surface area (Å²) < 4.78 is 6.17. The van der Waals surface area contributed by atoms with Gasteiger partial charge in [-0.2, -0.15) is 4.98 Å². The van der Waals surface area contributed by atoms with E-state index in [1.165, 1.54) is 5.56 Å². The number of fused-ring (bicyclic) bond motifs is 1. The third-order valence-electron chi connectivity index (χ3n) is 2.86. The molecule has 0 saturated carbocycles. The van der Waals surface area contributed by atoms with Crippen molar-refractivity contribution in [3.05, 3.63) is 52.3 Å². The lowest BCUT2D eigenvalue weighted by Crippen LogP contribution is -1.90. The molecule has 3 aromatic rings. The van der Waals surface area contributed by atoms with Gasteiger partial charge in [0.25, 0.3) is 0 Å².